The van der Waals surface area contributed by atoms with Crippen LogP contribution in [0.3, 0.4) is 0 Å². The van der Waals surface area contributed by atoms with E-state index in [0.29, 0.717) is 25.3 Å². The fourth-order valence-corrected chi connectivity index (χ4v) is 2.03. The van der Waals surface area contributed by atoms with Gasteiger partial charge in [-0.3, -0.25) is 4.79 Å². The molecule has 0 saturated heterocycles. The van der Waals surface area contributed by atoms with Crippen LogP contribution in [0.5, 0.6) is 5.75 Å². The van der Waals surface area contributed by atoms with Crippen molar-refractivity contribution in [3.05, 3.63) is 29.8 Å². The lowest BCUT2D eigenvalue weighted by molar-refractivity contribution is 0.0781. The third-order valence-corrected chi connectivity index (χ3v) is 2.84. The van der Waals surface area contributed by atoms with Crippen molar-refractivity contribution >= 4 is 17.5 Å². The lowest BCUT2D eigenvalue weighted by Gasteiger charge is -2.20. The lowest BCUT2D eigenvalue weighted by Crippen LogP contribution is -2.33. The predicted molar refractivity (Wildman–Crippen MR) is 76.1 cm³/mol. The van der Waals surface area contributed by atoms with E-state index >= 15 is 0 Å². The van der Waals surface area contributed by atoms with Gasteiger partial charge >= 0.3 is 0 Å². The molecule has 5 heteroatoms. The summed E-state index contributed by atoms with van der Waals surface area (Å²) in [4.78, 5) is 13.7. The van der Waals surface area contributed by atoms with Crippen molar-refractivity contribution < 1.29 is 14.3 Å². The molecule has 0 aromatic heterocycles. The molecule has 19 heavy (non-hydrogen) atoms. The first-order valence-corrected chi connectivity index (χ1v) is 6.63. The molecule has 0 heterocycles. The van der Waals surface area contributed by atoms with Gasteiger partial charge < -0.3 is 14.4 Å². The summed E-state index contributed by atoms with van der Waals surface area (Å²) in [6.07, 6.45) is 0. The smallest absolute Gasteiger partial charge is 0.253 e. The minimum absolute atomic E-state index is 0.0650. The molecular formula is C14H20ClNO3. The minimum Gasteiger partial charge on any atom is -0.494 e. The molecule has 1 atom stereocenters. The number of benzene rings is 1. The third-order valence-electron chi connectivity index (χ3n) is 2.58. The number of nitrogens with zero attached hydrogens (tertiary/aromatic N) is 1. The fourth-order valence-electron chi connectivity index (χ4n) is 1.69. The largest absolute Gasteiger partial charge is 0.494 e. The van der Waals surface area contributed by atoms with Crippen LogP contribution in [0, 0.1) is 0 Å². The Hall–Kier alpha value is -1.26. The summed E-state index contributed by atoms with van der Waals surface area (Å²) in [5.74, 6) is 0.695. The van der Waals surface area contributed by atoms with Crippen molar-refractivity contribution in [2.24, 2.45) is 0 Å². The monoisotopic (exact) mass is 285 g/mol. The van der Waals surface area contributed by atoms with Crippen LogP contribution in [0.15, 0.2) is 24.3 Å². The van der Waals surface area contributed by atoms with Crippen molar-refractivity contribution in [3.8, 4) is 5.75 Å². The highest BCUT2D eigenvalue weighted by molar-refractivity contribution is 6.21. The van der Waals surface area contributed by atoms with Gasteiger partial charge in [0.2, 0.25) is 0 Å². The summed E-state index contributed by atoms with van der Waals surface area (Å²) in [6.45, 7) is 3.39. The molecule has 0 saturated carbocycles. The number of methoxy groups -OCH3 is 1. The van der Waals surface area contributed by atoms with Crippen LogP contribution >= 0.6 is 11.6 Å². The van der Waals surface area contributed by atoms with Crippen molar-refractivity contribution in [2.45, 2.75) is 12.3 Å². The van der Waals surface area contributed by atoms with Crippen LogP contribution in [0.2, 0.25) is 0 Å². The van der Waals surface area contributed by atoms with Crippen molar-refractivity contribution in [3.63, 3.8) is 0 Å². The average molecular weight is 286 g/mol. The highest BCUT2D eigenvalue weighted by atomic mass is 35.5. The number of carbonyl (C=O) groups is 1. The maximum atomic E-state index is 12.1. The van der Waals surface area contributed by atoms with Gasteiger partial charge in [-0.15, -0.1) is 11.6 Å². The van der Waals surface area contributed by atoms with Crippen molar-refractivity contribution in [1.29, 1.82) is 0 Å². The van der Waals surface area contributed by atoms with E-state index in [1.165, 1.54) is 0 Å². The Morgan fingerprint density at radius 3 is 2.53 bits per heavy atom. The Bertz CT molecular complexity index is 394. The second-order valence-corrected chi connectivity index (χ2v) is 4.81. The number of hydrogen-bond acceptors (Lipinski definition) is 3. The van der Waals surface area contributed by atoms with Crippen LogP contribution in [-0.4, -0.2) is 50.1 Å². The predicted octanol–water partition coefficient (Wildman–Crippen LogP) is 2.41. The van der Waals surface area contributed by atoms with E-state index in [0.717, 1.165) is 5.75 Å². The minimum atomic E-state index is -0.207. The molecule has 0 bridgehead atoms. The molecule has 0 aliphatic rings. The molecule has 106 valence electrons. The molecule has 1 unspecified atom stereocenters. The molecule has 1 rings (SSSR count). The van der Waals surface area contributed by atoms with E-state index in [4.69, 9.17) is 21.1 Å². The number of alkyl halides is 1. The van der Waals surface area contributed by atoms with Crippen LogP contribution in [0.4, 0.5) is 0 Å². The summed E-state index contributed by atoms with van der Waals surface area (Å²) in [5, 5.41) is -0.207. The molecular weight excluding hydrogens is 266 g/mol. The quantitative estimate of drug-likeness (QED) is 0.722. The molecule has 4 nitrogen and oxygen atoms in total. The van der Waals surface area contributed by atoms with E-state index < -0.39 is 0 Å². The van der Waals surface area contributed by atoms with E-state index in [1.54, 1.807) is 43.3 Å². The summed E-state index contributed by atoms with van der Waals surface area (Å²) in [6, 6.07) is 7.09. The number of carbonyl (C=O) groups excluding carboxylic acids is 1. The van der Waals surface area contributed by atoms with E-state index in [9.17, 15) is 4.79 Å². The van der Waals surface area contributed by atoms with Crippen LogP contribution in [-0.2, 0) is 4.74 Å². The van der Waals surface area contributed by atoms with Crippen LogP contribution in [0.1, 0.15) is 17.3 Å². The zero-order valence-corrected chi connectivity index (χ0v) is 12.3. The first kappa shape index (κ1) is 15.8. The van der Waals surface area contributed by atoms with Gasteiger partial charge in [0.25, 0.3) is 5.91 Å². The second-order valence-electron chi connectivity index (χ2n) is 4.20. The second kappa shape index (κ2) is 8.02. The molecule has 0 N–H and O–H groups in total. The summed E-state index contributed by atoms with van der Waals surface area (Å²) in [5.41, 5.74) is 0.618. The molecule has 0 aliphatic heterocycles. The highest BCUT2D eigenvalue weighted by Crippen LogP contribution is 2.13. The Morgan fingerprint density at radius 2 is 2.00 bits per heavy atom. The van der Waals surface area contributed by atoms with Gasteiger partial charge in [0.05, 0.1) is 18.6 Å². The van der Waals surface area contributed by atoms with Gasteiger partial charge in [-0.1, -0.05) is 0 Å². The number of halogens is 1. The third kappa shape index (κ3) is 5.09. The van der Waals surface area contributed by atoms with Gasteiger partial charge in [0, 0.05) is 26.3 Å². The molecule has 1 aromatic rings. The average Bonchev–Trinajstić information content (AvgIpc) is 2.39. The maximum absolute atomic E-state index is 12.1. The Labute approximate surface area is 119 Å². The van der Waals surface area contributed by atoms with E-state index in [-0.39, 0.29) is 11.3 Å². The maximum Gasteiger partial charge on any atom is 0.253 e. The molecule has 0 radical (unpaired) electrons. The first-order valence-electron chi connectivity index (χ1n) is 6.19. The van der Waals surface area contributed by atoms with Gasteiger partial charge in [-0.05, 0) is 31.2 Å². The van der Waals surface area contributed by atoms with Crippen molar-refractivity contribution in [2.75, 3.05) is 33.9 Å². The zero-order valence-electron chi connectivity index (χ0n) is 11.6. The molecule has 1 aromatic carbocycles. The van der Waals surface area contributed by atoms with Gasteiger partial charge in [-0.25, -0.2) is 0 Å². The van der Waals surface area contributed by atoms with Gasteiger partial charge in [0.1, 0.15) is 5.75 Å². The molecule has 1 amide bonds. The highest BCUT2D eigenvalue weighted by Gasteiger charge is 2.15. The molecule has 0 fully saturated rings. The van der Waals surface area contributed by atoms with Crippen LogP contribution < -0.4 is 4.74 Å². The summed E-state index contributed by atoms with van der Waals surface area (Å²) in [7, 11) is 3.31. The normalized spacial score (nSPS) is 12.0. The van der Waals surface area contributed by atoms with Crippen LogP contribution in [0.25, 0.3) is 0 Å². The SMILES string of the molecule is CCOc1ccc(C(=O)N(C)CC(Cl)COC)cc1. The van der Waals surface area contributed by atoms with Gasteiger partial charge in [-0.2, -0.15) is 0 Å². The number of rotatable bonds is 7. The molecule has 0 aliphatic carbocycles. The fraction of sp³-hybridized carbons (Fsp3) is 0.500. The number of hydrogen-bond donors (Lipinski definition) is 0. The number of amides is 1. The summed E-state index contributed by atoms with van der Waals surface area (Å²) >= 11 is 6.03. The zero-order chi connectivity index (χ0) is 14.3. The number of ether oxygens (including phenoxy) is 2. The summed E-state index contributed by atoms with van der Waals surface area (Å²) < 4.78 is 10.3. The molecule has 0 spiro atoms. The first-order chi connectivity index (χ1) is 9.08. The Morgan fingerprint density at radius 1 is 1.37 bits per heavy atom. The topological polar surface area (TPSA) is 38.8 Å². The lowest BCUT2D eigenvalue weighted by atomic mass is 10.2. The van der Waals surface area contributed by atoms with Gasteiger partial charge in [0.15, 0.2) is 0 Å². The van der Waals surface area contributed by atoms with E-state index in [2.05, 4.69) is 0 Å². The Kier molecular flexibility index (Phi) is 6.67. The van der Waals surface area contributed by atoms with Crippen molar-refractivity contribution in [1.82, 2.24) is 4.90 Å². The van der Waals surface area contributed by atoms with E-state index in [1.807, 2.05) is 6.92 Å². The standard InChI is InChI=1S/C14H20ClNO3/c1-4-19-13-7-5-11(6-8-13)14(17)16(2)9-12(15)10-18-3/h5-8,12H,4,9-10H2,1-3H3. The Balaban J connectivity index is 2.60.